The van der Waals surface area contributed by atoms with Gasteiger partial charge in [-0.15, -0.1) is 0 Å². The second-order valence-corrected chi connectivity index (χ2v) is 9.03. The molecule has 37 heavy (non-hydrogen) atoms. The Hall–Kier alpha value is -4.49. The zero-order valence-corrected chi connectivity index (χ0v) is 20.5. The lowest BCUT2D eigenvalue weighted by Crippen LogP contribution is -2.20. The minimum Gasteiger partial charge on any atom is -0.494 e. The summed E-state index contributed by atoms with van der Waals surface area (Å²) < 4.78 is 17.1. The molecule has 4 aromatic rings. The Bertz CT molecular complexity index is 1580. The molecule has 186 valence electrons. The SMILES string of the molecule is CN(C)CCCOc1ccc2oc(=O)c(-c3ccc(OC4=CC(=O)c5ccccc5C4=O)cc3)cc2c1. The molecule has 5 rings (SSSR count). The molecule has 0 saturated heterocycles. The molecule has 7 heteroatoms. The van der Waals surface area contributed by atoms with Crippen molar-refractivity contribution in [2.24, 2.45) is 0 Å². The predicted molar refractivity (Wildman–Crippen MR) is 140 cm³/mol. The summed E-state index contributed by atoms with van der Waals surface area (Å²) in [6.07, 6.45) is 2.11. The topological polar surface area (TPSA) is 86.0 Å². The van der Waals surface area contributed by atoms with Crippen LogP contribution in [0, 0.1) is 0 Å². The van der Waals surface area contributed by atoms with E-state index in [1.807, 2.05) is 20.2 Å². The van der Waals surface area contributed by atoms with Crippen LogP contribution in [-0.4, -0.2) is 43.7 Å². The second-order valence-electron chi connectivity index (χ2n) is 9.03. The molecular weight excluding hydrogens is 470 g/mol. The number of allylic oxidation sites excluding steroid dienone is 2. The van der Waals surface area contributed by atoms with Gasteiger partial charge in [-0.2, -0.15) is 0 Å². The quantitative estimate of drug-likeness (QED) is 0.247. The van der Waals surface area contributed by atoms with Gasteiger partial charge in [0, 0.05) is 29.1 Å². The smallest absolute Gasteiger partial charge is 0.344 e. The Labute approximate surface area is 213 Å². The van der Waals surface area contributed by atoms with E-state index in [1.165, 1.54) is 6.08 Å². The van der Waals surface area contributed by atoms with Gasteiger partial charge in [0.1, 0.15) is 17.1 Å². The van der Waals surface area contributed by atoms with Crippen molar-refractivity contribution in [2.45, 2.75) is 6.42 Å². The summed E-state index contributed by atoms with van der Waals surface area (Å²) in [6, 6.07) is 20.5. The Morgan fingerprint density at radius 3 is 2.30 bits per heavy atom. The van der Waals surface area contributed by atoms with Crippen molar-refractivity contribution in [1.82, 2.24) is 4.90 Å². The maximum Gasteiger partial charge on any atom is 0.344 e. The molecule has 0 saturated carbocycles. The number of ether oxygens (including phenoxy) is 2. The molecule has 0 bridgehead atoms. The van der Waals surface area contributed by atoms with Gasteiger partial charge in [0.05, 0.1) is 12.2 Å². The summed E-state index contributed by atoms with van der Waals surface area (Å²) in [5, 5.41) is 0.746. The van der Waals surface area contributed by atoms with Crippen LogP contribution in [0.2, 0.25) is 0 Å². The van der Waals surface area contributed by atoms with Crippen molar-refractivity contribution in [1.29, 1.82) is 0 Å². The molecular formula is C30H25NO6. The van der Waals surface area contributed by atoms with Gasteiger partial charge in [-0.3, -0.25) is 9.59 Å². The van der Waals surface area contributed by atoms with Gasteiger partial charge in [0.25, 0.3) is 0 Å². The number of carbonyl (C=O) groups is 2. The number of rotatable bonds is 8. The van der Waals surface area contributed by atoms with E-state index in [-0.39, 0.29) is 17.3 Å². The van der Waals surface area contributed by atoms with Crippen LogP contribution in [0.4, 0.5) is 0 Å². The molecule has 0 amide bonds. The highest BCUT2D eigenvalue weighted by molar-refractivity contribution is 6.23. The van der Waals surface area contributed by atoms with E-state index in [9.17, 15) is 14.4 Å². The zero-order chi connectivity index (χ0) is 25.9. The first-order valence-corrected chi connectivity index (χ1v) is 11.9. The third-order valence-corrected chi connectivity index (χ3v) is 6.04. The van der Waals surface area contributed by atoms with Crippen molar-refractivity contribution >= 4 is 22.5 Å². The number of carbonyl (C=O) groups excluding carboxylic acids is 2. The third-order valence-electron chi connectivity index (χ3n) is 6.04. The maximum atomic E-state index is 12.8. The Morgan fingerprint density at radius 1 is 0.811 bits per heavy atom. The first-order valence-electron chi connectivity index (χ1n) is 11.9. The van der Waals surface area contributed by atoms with E-state index in [1.54, 1.807) is 66.7 Å². The van der Waals surface area contributed by atoms with Crippen LogP contribution >= 0.6 is 0 Å². The number of hydrogen-bond donors (Lipinski definition) is 0. The Morgan fingerprint density at radius 2 is 1.54 bits per heavy atom. The number of Topliss-reactive ketones (excluding diaryl/α,β-unsaturated/α-hetero) is 1. The average Bonchev–Trinajstić information content (AvgIpc) is 2.90. The molecule has 0 spiro atoms. The fourth-order valence-corrected chi connectivity index (χ4v) is 4.16. The van der Waals surface area contributed by atoms with Gasteiger partial charge in [-0.1, -0.05) is 36.4 Å². The van der Waals surface area contributed by atoms with E-state index in [0.29, 0.717) is 45.9 Å². The van der Waals surface area contributed by atoms with Crippen molar-refractivity contribution < 1.29 is 23.5 Å². The minimum absolute atomic E-state index is 0.0419. The van der Waals surface area contributed by atoms with E-state index >= 15 is 0 Å². The summed E-state index contributed by atoms with van der Waals surface area (Å²) in [4.78, 5) is 39.9. The van der Waals surface area contributed by atoms with Gasteiger partial charge in [0.15, 0.2) is 11.5 Å². The van der Waals surface area contributed by atoms with E-state index in [4.69, 9.17) is 13.9 Å². The lowest BCUT2D eigenvalue weighted by molar-refractivity contribution is 0.0947. The van der Waals surface area contributed by atoms with Gasteiger partial charge in [0.2, 0.25) is 5.78 Å². The molecule has 1 heterocycles. The molecule has 0 atom stereocenters. The van der Waals surface area contributed by atoms with Gasteiger partial charge < -0.3 is 18.8 Å². The monoisotopic (exact) mass is 495 g/mol. The molecule has 7 nitrogen and oxygen atoms in total. The summed E-state index contributed by atoms with van der Waals surface area (Å²) in [5.41, 5.74) is 1.71. The second kappa shape index (κ2) is 10.2. The molecule has 0 N–H and O–H groups in total. The lowest BCUT2D eigenvalue weighted by atomic mass is 9.94. The molecule has 0 unspecified atom stereocenters. The van der Waals surface area contributed by atoms with Crippen molar-refractivity contribution in [3.8, 4) is 22.6 Å². The van der Waals surface area contributed by atoms with Crippen LogP contribution in [-0.2, 0) is 0 Å². The summed E-state index contributed by atoms with van der Waals surface area (Å²) in [5.74, 6) is 0.399. The Kier molecular flexibility index (Phi) is 6.70. The fourth-order valence-electron chi connectivity index (χ4n) is 4.16. The van der Waals surface area contributed by atoms with Crippen molar-refractivity contribution in [3.63, 3.8) is 0 Å². The zero-order valence-electron chi connectivity index (χ0n) is 20.5. The van der Waals surface area contributed by atoms with E-state index in [0.717, 1.165) is 18.4 Å². The molecule has 1 aliphatic carbocycles. The van der Waals surface area contributed by atoms with Gasteiger partial charge in [-0.25, -0.2) is 4.79 Å². The highest BCUT2D eigenvalue weighted by Crippen LogP contribution is 2.28. The third kappa shape index (κ3) is 5.22. The average molecular weight is 496 g/mol. The number of nitrogens with zero attached hydrogens (tertiary/aromatic N) is 1. The largest absolute Gasteiger partial charge is 0.494 e. The van der Waals surface area contributed by atoms with Crippen LogP contribution in [0.25, 0.3) is 22.1 Å². The summed E-state index contributed by atoms with van der Waals surface area (Å²) in [7, 11) is 4.04. The van der Waals surface area contributed by atoms with Crippen molar-refractivity contribution in [2.75, 3.05) is 27.2 Å². The minimum atomic E-state index is -0.465. The number of hydrogen-bond acceptors (Lipinski definition) is 7. The van der Waals surface area contributed by atoms with Crippen LogP contribution in [0.15, 0.2) is 93.8 Å². The fraction of sp³-hybridized carbons (Fsp3) is 0.167. The molecule has 0 radical (unpaired) electrons. The van der Waals surface area contributed by atoms with E-state index in [2.05, 4.69) is 4.90 Å². The van der Waals surface area contributed by atoms with Crippen molar-refractivity contribution in [3.05, 3.63) is 106 Å². The molecule has 0 aliphatic heterocycles. The van der Waals surface area contributed by atoms with Crippen LogP contribution < -0.4 is 15.1 Å². The first-order chi connectivity index (χ1) is 17.9. The normalized spacial score (nSPS) is 13.0. The molecule has 0 fully saturated rings. The Balaban J connectivity index is 1.34. The maximum absolute atomic E-state index is 12.8. The van der Waals surface area contributed by atoms with Crippen LogP contribution in [0.1, 0.15) is 27.1 Å². The molecule has 1 aromatic heterocycles. The molecule has 1 aliphatic rings. The lowest BCUT2D eigenvalue weighted by Gasteiger charge is -2.15. The van der Waals surface area contributed by atoms with E-state index < -0.39 is 5.63 Å². The van der Waals surface area contributed by atoms with Gasteiger partial charge in [-0.05, 0) is 62.5 Å². The first kappa shape index (κ1) is 24.2. The van der Waals surface area contributed by atoms with Gasteiger partial charge >= 0.3 is 5.63 Å². The molecule has 3 aromatic carbocycles. The van der Waals surface area contributed by atoms with Crippen LogP contribution in [0.3, 0.4) is 0 Å². The summed E-state index contributed by atoms with van der Waals surface area (Å²) in [6.45, 7) is 1.52. The highest BCUT2D eigenvalue weighted by atomic mass is 16.5. The predicted octanol–water partition coefficient (Wildman–Crippen LogP) is 5.13. The number of fused-ring (bicyclic) bond motifs is 2. The highest BCUT2D eigenvalue weighted by Gasteiger charge is 2.26. The van der Waals surface area contributed by atoms with Crippen LogP contribution in [0.5, 0.6) is 11.5 Å². The summed E-state index contributed by atoms with van der Waals surface area (Å²) >= 11 is 0. The standard InChI is InChI=1S/C30H25NO6/c1-31(2)14-5-15-35-22-12-13-27-20(16-22)17-25(30(34)37-27)19-8-10-21(11-9-19)36-28-18-26(32)23-6-3-4-7-24(23)29(28)33/h3-4,6-13,16-18H,5,14-15H2,1-2H3. The number of ketones is 2. The number of benzene rings is 3.